The molecular formula is C17H13ClF3NO4. The van der Waals surface area contributed by atoms with Gasteiger partial charge in [-0.05, 0) is 30.3 Å². The van der Waals surface area contributed by atoms with Crippen LogP contribution in [0, 0.1) is 10.1 Å². The molecule has 0 heterocycles. The van der Waals surface area contributed by atoms with Crippen molar-refractivity contribution in [3.8, 4) is 11.5 Å². The maximum Gasteiger partial charge on any atom is 0.416 e. The number of carbonyl (C=O) groups excluding carboxylic acids is 1. The quantitative estimate of drug-likeness (QED) is 0.392. The Morgan fingerprint density at radius 3 is 2.35 bits per heavy atom. The minimum absolute atomic E-state index is 0.0345. The van der Waals surface area contributed by atoms with Crippen LogP contribution in [0.15, 0.2) is 42.5 Å². The van der Waals surface area contributed by atoms with Gasteiger partial charge in [-0.3, -0.25) is 14.9 Å². The first-order chi connectivity index (χ1) is 11.9. The number of ether oxygens (including phenoxy) is 1. The molecule has 0 bridgehead atoms. The molecule has 2 aromatic carbocycles. The van der Waals surface area contributed by atoms with Gasteiger partial charge < -0.3 is 4.74 Å². The zero-order valence-corrected chi connectivity index (χ0v) is 14.4. The predicted octanol–water partition coefficient (Wildman–Crippen LogP) is 5.39. The zero-order valence-electron chi connectivity index (χ0n) is 13.6. The molecule has 0 aliphatic heterocycles. The minimum Gasteiger partial charge on any atom is -0.456 e. The Bertz CT molecular complexity index is 865. The number of ketones is 1. The lowest BCUT2D eigenvalue weighted by molar-refractivity contribution is -0.540. The van der Waals surface area contributed by atoms with Crippen LogP contribution in [0.3, 0.4) is 0 Å². The molecule has 0 radical (unpaired) electrons. The first kappa shape index (κ1) is 19.7. The van der Waals surface area contributed by atoms with Crippen LogP contribution >= 0.6 is 11.6 Å². The van der Waals surface area contributed by atoms with E-state index in [9.17, 15) is 28.1 Å². The summed E-state index contributed by atoms with van der Waals surface area (Å²) in [4.78, 5) is 22.6. The molecule has 0 aliphatic rings. The van der Waals surface area contributed by atoms with Crippen molar-refractivity contribution < 1.29 is 27.6 Å². The highest BCUT2D eigenvalue weighted by Crippen LogP contribution is 2.36. The lowest BCUT2D eigenvalue weighted by Gasteiger charge is -2.15. The molecule has 0 fully saturated rings. The van der Waals surface area contributed by atoms with Gasteiger partial charge in [-0.25, -0.2) is 0 Å². The van der Waals surface area contributed by atoms with E-state index in [2.05, 4.69) is 0 Å². The second-order valence-corrected chi connectivity index (χ2v) is 6.33. The Hall–Kier alpha value is -2.61. The number of Topliss-reactive ketones (excluding diaryl/α,β-unsaturated/α-hetero) is 1. The Morgan fingerprint density at radius 2 is 1.81 bits per heavy atom. The third-order valence-corrected chi connectivity index (χ3v) is 3.89. The summed E-state index contributed by atoms with van der Waals surface area (Å²) in [5.74, 6) is -0.666. The molecule has 0 saturated heterocycles. The fraction of sp³-hybridized carbons (Fsp3) is 0.235. The third-order valence-electron chi connectivity index (χ3n) is 3.60. The Kier molecular flexibility index (Phi) is 5.27. The van der Waals surface area contributed by atoms with Gasteiger partial charge in [0.15, 0.2) is 0 Å². The molecule has 0 saturated carbocycles. The number of nitro groups is 1. The molecule has 2 aromatic rings. The van der Waals surface area contributed by atoms with Crippen LogP contribution in [0.2, 0.25) is 5.02 Å². The van der Waals surface area contributed by atoms with E-state index in [-0.39, 0.29) is 22.1 Å². The van der Waals surface area contributed by atoms with Gasteiger partial charge in [-0.15, -0.1) is 0 Å². The number of alkyl halides is 3. The maximum atomic E-state index is 12.7. The van der Waals surface area contributed by atoms with Crippen molar-refractivity contribution in [1.29, 1.82) is 0 Å². The zero-order chi connectivity index (χ0) is 19.7. The van der Waals surface area contributed by atoms with Gasteiger partial charge in [0, 0.05) is 24.3 Å². The fourth-order valence-corrected chi connectivity index (χ4v) is 2.24. The van der Waals surface area contributed by atoms with Crippen LogP contribution in [0.4, 0.5) is 13.2 Å². The standard InChI is InChI=1S/C17H13ClF3NO4/c1-16(2,22(24)25)15(23)10-4-3-5-12(8-10)26-14-7-6-11(9-13(14)18)17(19,20)21/h3-9H,1-2H3. The molecule has 0 amide bonds. The van der Waals surface area contributed by atoms with E-state index in [0.29, 0.717) is 0 Å². The van der Waals surface area contributed by atoms with Crippen molar-refractivity contribution in [2.45, 2.75) is 25.6 Å². The highest BCUT2D eigenvalue weighted by Gasteiger charge is 2.40. The van der Waals surface area contributed by atoms with Crippen molar-refractivity contribution in [3.05, 3.63) is 68.7 Å². The molecule has 0 unspecified atom stereocenters. The molecule has 9 heteroatoms. The summed E-state index contributed by atoms with van der Waals surface area (Å²) in [6.07, 6.45) is -4.54. The van der Waals surface area contributed by atoms with Crippen molar-refractivity contribution in [3.63, 3.8) is 0 Å². The van der Waals surface area contributed by atoms with Gasteiger partial charge in [-0.2, -0.15) is 13.2 Å². The van der Waals surface area contributed by atoms with Crippen molar-refractivity contribution in [2.75, 3.05) is 0 Å². The monoisotopic (exact) mass is 387 g/mol. The van der Waals surface area contributed by atoms with Gasteiger partial charge >= 0.3 is 6.18 Å². The highest BCUT2D eigenvalue weighted by molar-refractivity contribution is 6.32. The molecule has 0 aliphatic carbocycles. The third kappa shape index (κ3) is 4.13. The second-order valence-electron chi connectivity index (χ2n) is 5.92. The molecule has 26 heavy (non-hydrogen) atoms. The van der Waals surface area contributed by atoms with E-state index in [0.717, 1.165) is 18.2 Å². The molecule has 5 nitrogen and oxygen atoms in total. The van der Waals surface area contributed by atoms with Crippen molar-refractivity contribution in [1.82, 2.24) is 0 Å². The average molecular weight is 388 g/mol. The normalized spacial score (nSPS) is 11.9. The number of nitrogens with zero attached hydrogens (tertiary/aromatic N) is 1. The van der Waals surface area contributed by atoms with E-state index in [1.807, 2.05) is 0 Å². The first-order valence-corrected chi connectivity index (χ1v) is 7.64. The molecule has 0 aromatic heterocycles. The Morgan fingerprint density at radius 1 is 1.15 bits per heavy atom. The summed E-state index contributed by atoms with van der Waals surface area (Å²) < 4.78 is 43.4. The average Bonchev–Trinajstić information content (AvgIpc) is 2.55. The van der Waals surface area contributed by atoms with Crippen molar-refractivity contribution in [2.24, 2.45) is 0 Å². The lowest BCUT2D eigenvalue weighted by atomic mass is 9.94. The number of benzene rings is 2. The minimum atomic E-state index is -4.54. The lowest BCUT2D eigenvalue weighted by Crippen LogP contribution is -2.40. The summed E-state index contributed by atoms with van der Waals surface area (Å²) in [6.45, 7) is 2.35. The number of hydrogen-bond donors (Lipinski definition) is 0. The van der Waals surface area contributed by atoms with E-state index in [1.165, 1.54) is 38.1 Å². The maximum absolute atomic E-state index is 12.7. The SMILES string of the molecule is CC(C)(C(=O)c1cccc(Oc2ccc(C(F)(F)F)cc2Cl)c1)[N+](=O)[O-]. The van der Waals surface area contributed by atoms with Crippen LogP contribution in [0.5, 0.6) is 11.5 Å². The van der Waals surface area contributed by atoms with E-state index in [4.69, 9.17) is 16.3 Å². The van der Waals surface area contributed by atoms with Crippen LogP contribution < -0.4 is 4.74 Å². The predicted molar refractivity (Wildman–Crippen MR) is 88.4 cm³/mol. The van der Waals surface area contributed by atoms with Gasteiger partial charge in [0.05, 0.1) is 10.6 Å². The van der Waals surface area contributed by atoms with Crippen LogP contribution in [-0.4, -0.2) is 16.2 Å². The molecule has 0 N–H and O–H groups in total. The van der Waals surface area contributed by atoms with Gasteiger partial charge in [0.1, 0.15) is 11.5 Å². The molecular weight excluding hydrogens is 375 g/mol. The van der Waals surface area contributed by atoms with Gasteiger partial charge in [0.2, 0.25) is 5.78 Å². The highest BCUT2D eigenvalue weighted by atomic mass is 35.5. The van der Waals surface area contributed by atoms with Crippen LogP contribution in [0.1, 0.15) is 29.8 Å². The van der Waals surface area contributed by atoms with Crippen LogP contribution in [0.25, 0.3) is 0 Å². The first-order valence-electron chi connectivity index (χ1n) is 7.27. The number of hydrogen-bond acceptors (Lipinski definition) is 4. The van der Waals surface area contributed by atoms with Crippen molar-refractivity contribution >= 4 is 17.4 Å². The number of carbonyl (C=O) groups is 1. The van der Waals surface area contributed by atoms with E-state index in [1.54, 1.807) is 0 Å². The molecule has 0 spiro atoms. The van der Waals surface area contributed by atoms with E-state index >= 15 is 0 Å². The summed E-state index contributed by atoms with van der Waals surface area (Å²) in [7, 11) is 0. The van der Waals surface area contributed by atoms with Crippen LogP contribution in [-0.2, 0) is 6.18 Å². The largest absolute Gasteiger partial charge is 0.456 e. The van der Waals surface area contributed by atoms with E-state index < -0.39 is 28.0 Å². The Balaban J connectivity index is 2.30. The summed E-state index contributed by atoms with van der Waals surface area (Å²) >= 11 is 5.82. The fourth-order valence-electron chi connectivity index (χ4n) is 2.02. The van der Waals surface area contributed by atoms with Gasteiger partial charge in [0.25, 0.3) is 5.54 Å². The molecule has 138 valence electrons. The molecule has 0 atom stereocenters. The second kappa shape index (κ2) is 6.95. The summed E-state index contributed by atoms with van der Waals surface area (Å²) in [5.41, 5.74) is -2.72. The Labute approximate surface area is 151 Å². The summed E-state index contributed by atoms with van der Waals surface area (Å²) in [6, 6.07) is 8.13. The van der Waals surface area contributed by atoms with Gasteiger partial charge in [-0.1, -0.05) is 23.7 Å². The molecule has 2 rings (SSSR count). The number of rotatable bonds is 5. The summed E-state index contributed by atoms with van der Waals surface area (Å²) in [5, 5.41) is 10.8. The number of halogens is 4. The smallest absolute Gasteiger partial charge is 0.416 e. The topological polar surface area (TPSA) is 69.4 Å².